The molecule has 1 fully saturated rings. The molecule has 0 radical (unpaired) electrons. The van der Waals surface area contributed by atoms with Gasteiger partial charge in [-0.05, 0) is 48.7 Å². The van der Waals surface area contributed by atoms with Crippen LogP contribution in [-0.4, -0.2) is 42.3 Å². The van der Waals surface area contributed by atoms with E-state index < -0.39 is 0 Å². The summed E-state index contributed by atoms with van der Waals surface area (Å²) < 4.78 is 20.9. The van der Waals surface area contributed by atoms with Crippen LogP contribution in [0.15, 0.2) is 54.7 Å². The number of halogens is 1. The quantitative estimate of drug-likeness (QED) is 0.665. The van der Waals surface area contributed by atoms with Crippen LogP contribution in [0.4, 0.5) is 4.39 Å². The summed E-state index contributed by atoms with van der Waals surface area (Å²) in [6, 6.07) is 15.4. The largest absolute Gasteiger partial charge is 0.379 e. The SMILES string of the molecule is Fc1ccc(Cn2cc(CCCN3CCOCC3)c3ccccc32)cc1. The average molecular weight is 352 g/mol. The molecular weight excluding hydrogens is 327 g/mol. The van der Waals surface area contributed by atoms with Crippen LogP contribution < -0.4 is 0 Å². The summed E-state index contributed by atoms with van der Waals surface area (Å²) in [5.74, 6) is -0.185. The standard InChI is InChI=1S/C22H25FN2O/c23-20-9-7-18(8-10-20)16-25-17-19(21-5-1-2-6-22(21)25)4-3-11-24-12-14-26-15-13-24/h1-2,5-10,17H,3-4,11-16H2. The van der Waals surface area contributed by atoms with Crippen molar-refractivity contribution >= 4 is 10.9 Å². The first-order valence-electron chi connectivity index (χ1n) is 9.41. The molecule has 0 saturated carbocycles. The van der Waals surface area contributed by atoms with Crippen molar-refractivity contribution in [2.75, 3.05) is 32.8 Å². The molecule has 26 heavy (non-hydrogen) atoms. The first-order valence-corrected chi connectivity index (χ1v) is 9.41. The maximum absolute atomic E-state index is 13.2. The lowest BCUT2D eigenvalue weighted by Crippen LogP contribution is -2.36. The van der Waals surface area contributed by atoms with Crippen molar-refractivity contribution in [3.05, 3.63) is 71.7 Å². The number of ether oxygens (including phenoxy) is 1. The van der Waals surface area contributed by atoms with Gasteiger partial charge in [0.15, 0.2) is 0 Å². The van der Waals surface area contributed by atoms with Gasteiger partial charge in [-0.3, -0.25) is 4.90 Å². The summed E-state index contributed by atoms with van der Waals surface area (Å²) in [7, 11) is 0. The summed E-state index contributed by atoms with van der Waals surface area (Å²) in [5, 5.41) is 1.33. The first kappa shape index (κ1) is 17.3. The minimum absolute atomic E-state index is 0.185. The predicted molar refractivity (Wildman–Crippen MR) is 103 cm³/mol. The zero-order valence-electron chi connectivity index (χ0n) is 15.0. The number of hydrogen-bond acceptors (Lipinski definition) is 2. The summed E-state index contributed by atoms with van der Waals surface area (Å²) in [5.41, 5.74) is 3.76. The molecule has 0 N–H and O–H groups in total. The van der Waals surface area contributed by atoms with Crippen molar-refractivity contribution < 1.29 is 9.13 Å². The summed E-state index contributed by atoms with van der Waals surface area (Å²) >= 11 is 0. The number of nitrogens with zero attached hydrogens (tertiary/aromatic N) is 2. The van der Waals surface area contributed by atoms with Gasteiger partial charge in [0, 0.05) is 36.7 Å². The third kappa shape index (κ3) is 3.97. The molecule has 0 atom stereocenters. The zero-order valence-corrected chi connectivity index (χ0v) is 15.0. The van der Waals surface area contributed by atoms with Crippen molar-refractivity contribution in [1.82, 2.24) is 9.47 Å². The molecule has 0 aliphatic carbocycles. The fourth-order valence-corrected chi connectivity index (χ4v) is 3.76. The maximum atomic E-state index is 13.2. The predicted octanol–water partition coefficient (Wildman–Crippen LogP) is 4.09. The molecule has 3 nitrogen and oxygen atoms in total. The van der Waals surface area contributed by atoms with E-state index >= 15 is 0 Å². The van der Waals surface area contributed by atoms with Gasteiger partial charge in [-0.25, -0.2) is 4.39 Å². The van der Waals surface area contributed by atoms with E-state index in [0.29, 0.717) is 0 Å². The third-order valence-electron chi connectivity index (χ3n) is 5.16. The molecule has 4 rings (SSSR count). The van der Waals surface area contributed by atoms with E-state index in [1.54, 1.807) is 0 Å². The second-order valence-corrected chi connectivity index (χ2v) is 6.98. The Kier molecular flexibility index (Phi) is 5.32. The molecule has 2 aromatic carbocycles. The van der Waals surface area contributed by atoms with Crippen LogP contribution in [0.5, 0.6) is 0 Å². The second-order valence-electron chi connectivity index (χ2n) is 6.98. The highest BCUT2D eigenvalue weighted by Gasteiger charge is 2.12. The Bertz CT molecular complexity index is 850. The second kappa shape index (κ2) is 8.02. The lowest BCUT2D eigenvalue weighted by molar-refractivity contribution is 0.0375. The number of aryl methyl sites for hydroxylation is 1. The molecule has 0 amide bonds. The van der Waals surface area contributed by atoms with E-state index in [2.05, 4.69) is 39.9 Å². The number of aromatic nitrogens is 1. The van der Waals surface area contributed by atoms with E-state index in [1.165, 1.54) is 28.6 Å². The highest BCUT2D eigenvalue weighted by Crippen LogP contribution is 2.24. The van der Waals surface area contributed by atoms with Gasteiger partial charge in [-0.1, -0.05) is 30.3 Å². The van der Waals surface area contributed by atoms with Crippen LogP contribution in [0.2, 0.25) is 0 Å². The van der Waals surface area contributed by atoms with Crippen LogP contribution in [0.25, 0.3) is 10.9 Å². The molecule has 1 aromatic heterocycles. The van der Waals surface area contributed by atoms with Gasteiger partial charge < -0.3 is 9.30 Å². The molecule has 2 heterocycles. The average Bonchev–Trinajstić information content (AvgIpc) is 3.02. The minimum atomic E-state index is -0.185. The van der Waals surface area contributed by atoms with Gasteiger partial charge in [0.25, 0.3) is 0 Å². The smallest absolute Gasteiger partial charge is 0.123 e. The van der Waals surface area contributed by atoms with Gasteiger partial charge >= 0.3 is 0 Å². The molecule has 136 valence electrons. The Balaban J connectivity index is 1.49. The Morgan fingerprint density at radius 3 is 2.54 bits per heavy atom. The van der Waals surface area contributed by atoms with E-state index in [0.717, 1.165) is 57.8 Å². The summed E-state index contributed by atoms with van der Waals surface area (Å²) in [4.78, 5) is 2.49. The lowest BCUT2D eigenvalue weighted by Gasteiger charge is -2.26. The molecule has 0 spiro atoms. The summed E-state index contributed by atoms with van der Waals surface area (Å²) in [6.07, 6.45) is 4.51. The molecule has 0 bridgehead atoms. The monoisotopic (exact) mass is 352 g/mol. The highest BCUT2D eigenvalue weighted by molar-refractivity contribution is 5.84. The van der Waals surface area contributed by atoms with Crippen LogP contribution in [0.1, 0.15) is 17.5 Å². The molecule has 0 unspecified atom stereocenters. The topological polar surface area (TPSA) is 17.4 Å². The van der Waals surface area contributed by atoms with Gasteiger partial charge in [-0.15, -0.1) is 0 Å². The normalized spacial score (nSPS) is 15.6. The molecule has 1 saturated heterocycles. The van der Waals surface area contributed by atoms with Crippen molar-refractivity contribution in [2.24, 2.45) is 0 Å². The molecule has 4 heteroatoms. The number of morpholine rings is 1. The lowest BCUT2D eigenvalue weighted by atomic mass is 10.1. The first-order chi connectivity index (χ1) is 12.8. The van der Waals surface area contributed by atoms with Crippen LogP contribution in [0.3, 0.4) is 0 Å². The Morgan fingerprint density at radius 2 is 1.73 bits per heavy atom. The highest BCUT2D eigenvalue weighted by atomic mass is 19.1. The van der Waals surface area contributed by atoms with E-state index in [-0.39, 0.29) is 5.82 Å². The zero-order chi connectivity index (χ0) is 17.8. The number of benzene rings is 2. The van der Waals surface area contributed by atoms with E-state index in [9.17, 15) is 4.39 Å². The van der Waals surface area contributed by atoms with Crippen LogP contribution in [-0.2, 0) is 17.7 Å². The van der Waals surface area contributed by atoms with Gasteiger partial charge in [0.2, 0.25) is 0 Å². The van der Waals surface area contributed by atoms with Crippen molar-refractivity contribution in [2.45, 2.75) is 19.4 Å². The third-order valence-corrected chi connectivity index (χ3v) is 5.16. The fraction of sp³-hybridized carbons (Fsp3) is 0.364. The fourth-order valence-electron chi connectivity index (χ4n) is 3.76. The Morgan fingerprint density at radius 1 is 0.962 bits per heavy atom. The molecule has 1 aliphatic heterocycles. The Labute approximate surface area is 154 Å². The van der Waals surface area contributed by atoms with Crippen molar-refractivity contribution in [3.63, 3.8) is 0 Å². The van der Waals surface area contributed by atoms with Gasteiger partial charge in [-0.2, -0.15) is 0 Å². The van der Waals surface area contributed by atoms with Gasteiger partial charge in [0.05, 0.1) is 13.2 Å². The minimum Gasteiger partial charge on any atom is -0.379 e. The molecular formula is C22H25FN2O. The van der Waals surface area contributed by atoms with Gasteiger partial charge in [0.1, 0.15) is 5.82 Å². The number of rotatable bonds is 6. The maximum Gasteiger partial charge on any atom is 0.123 e. The summed E-state index contributed by atoms with van der Waals surface area (Å²) in [6.45, 7) is 5.71. The van der Waals surface area contributed by atoms with E-state index in [4.69, 9.17) is 4.74 Å². The van der Waals surface area contributed by atoms with Crippen LogP contribution >= 0.6 is 0 Å². The number of para-hydroxylation sites is 1. The number of fused-ring (bicyclic) bond motifs is 1. The van der Waals surface area contributed by atoms with Crippen molar-refractivity contribution in [3.8, 4) is 0 Å². The van der Waals surface area contributed by atoms with Crippen molar-refractivity contribution in [1.29, 1.82) is 0 Å². The van der Waals surface area contributed by atoms with Crippen LogP contribution in [0, 0.1) is 5.82 Å². The molecule has 1 aliphatic rings. The molecule has 3 aromatic rings. The number of hydrogen-bond donors (Lipinski definition) is 0. The van der Waals surface area contributed by atoms with E-state index in [1.807, 2.05) is 12.1 Å². The Hall–Kier alpha value is -2.17.